The van der Waals surface area contributed by atoms with Crippen LogP contribution in [0.25, 0.3) is 0 Å². The van der Waals surface area contributed by atoms with E-state index >= 15 is 0 Å². The van der Waals surface area contributed by atoms with Crippen LogP contribution in [0.5, 0.6) is 0 Å². The molecule has 0 bridgehead atoms. The summed E-state index contributed by atoms with van der Waals surface area (Å²) in [7, 11) is 1.51. The Bertz CT molecular complexity index is 288. The lowest BCUT2D eigenvalue weighted by atomic mass is 10.3. The number of rotatable bonds is 3. The second-order valence-electron chi connectivity index (χ2n) is 2.21. The van der Waals surface area contributed by atoms with Gasteiger partial charge in [-0.15, -0.1) is 4.52 Å². The fourth-order valence-electron chi connectivity index (χ4n) is 0.943. The average Bonchev–Trinajstić information content (AvgIpc) is 2.16. The van der Waals surface area contributed by atoms with Crippen molar-refractivity contribution < 1.29 is 9.09 Å². The van der Waals surface area contributed by atoms with Gasteiger partial charge in [-0.1, -0.05) is 12.1 Å². The topological polar surface area (TPSA) is 38.3 Å². The quantitative estimate of drug-likeness (QED) is 0.727. The maximum Gasteiger partial charge on any atom is 0.550 e. The molecule has 0 amide bonds. The molecule has 0 aliphatic heterocycles. The van der Waals surface area contributed by atoms with Crippen LogP contribution in [0.1, 0.15) is 0 Å². The van der Waals surface area contributed by atoms with Gasteiger partial charge in [0, 0.05) is 7.05 Å². The predicted octanol–water partition coefficient (Wildman–Crippen LogP) is 1.74. The second kappa shape index (κ2) is 4.19. The molecule has 1 N–H and O–H groups in total. The van der Waals surface area contributed by atoms with Crippen LogP contribution in [0.15, 0.2) is 24.3 Å². The molecule has 12 heavy (non-hydrogen) atoms. The van der Waals surface area contributed by atoms with Crippen LogP contribution < -0.4 is 10.6 Å². The second-order valence-corrected chi connectivity index (χ2v) is 3.57. The van der Waals surface area contributed by atoms with Crippen LogP contribution >= 0.6 is 8.03 Å². The standard InChI is InChI=1S/C8H11NO2P/c1-9-7-5-3-4-6-8(7)12(10)11-2/h3-6,9H,1-2H3/q+1. The zero-order valence-corrected chi connectivity index (χ0v) is 7.97. The molecule has 0 radical (unpaired) electrons. The van der Waals surface area contributed by atoms with E-state index in [0.29, 0.717) is 5.30 Å². The lowest BCUT2D eigenvalue weighted by molar-refractivity contribution is 0.423. The molecular weight excluding hydrogens is 173 g/mol. The third kappa shape index (κ3) is 1.81. The summed E-state index contributed by atoms with van der Waals surface area (Å²) in [6, 6.07) is 7.37. The van der Waals surface area contributed by atoms with Gasteiger partial charge in [0.1, 0.15) is 0 Å². The Hall–Kier alpha value is -0.920. The summed E-state index contributed by atoms with van der Waals surface area (Å²) in [6.07, 6.45) is 0. The predicted molar refractivity (Wildman–Crippen MR) is 50.2 cm³/mol. The van der Waals surface area contributed by atoms with E-state index in [2.05, 4.69) is 5.32 Å². The van der Waals surface area contributed by atoms with E-state index in [1.807, 2.05) is 18.2 Å². The van der Waals surface area contributed by atoms with Gasteiger partial charge in [0.05, 0.1) is 12.8 Å². The highest BCUT2D eigenvalue weighted by Gasteiger charge is 2.23. The van der Waals surface area contributed by atoms with Gasteiger partial charge in [-0.2, -0.15) is 0 Å². The fourth-order valence-corrected chi connectivity index (χ4v) is 1.73. The van der Waals surface area contributed by atoms with Gasteiger partial charge in [-0.05, 0) is 16.7 Å². The van der Waals surface area contributed by atoms with Gasteiger partial charge in [-0.25, -0.2) is 0 Å². The van der Waals surface area contributed by atoms with E-state index in [4.69, 9.17) is 4.52 Å². The number of para-hydroxylation sites is 1. The molecule has 64 valence electrons. The van der Waals surface area contributed by atoms with Gasteiger partial charge in [0.15, 0.2) is 0 Å². The van der Waals surface area contributed by atoms with E-state index in [1.165, 1.54) is 7.11 Å². The number of anilines is 1. The summed E-state index contributed by atoms with van der Waals surface area (Å²) in [6.45, 7) is 0. The van der Waals surface area contributed by atoms with Crippen molar-refractivity contribution in [3.8, 4) is 0 Å². The lowest BCUT2D eigenvalue weighted by Crippen LogP contribution is -2.04. The molecule has 0 saturated carbocycles. The Morgan fingerprint density at radius 2 is 2.08 bits per heavy atom. The minimum atomic E-state index is -1.71. The maximum atomic E-state index is 11.3. The minimum Gasteiger partial charge on any atom is -0.384 e. The van der Waals surface area contributed by atoms with Crippen LogP contribution in [-0.2, 0) is 9.09 Å². The summed E-state index contributed by atoms with van der Waals surface area (Å²) in [5, 5.41) is 3.65. The molecule has 0 aliphatic rings. The van der Waals surface area contributed by atoms with Crippen molar-refractivity contribution in [3.05, 3.63) is 24.3 Å². The average molecular weight is 184 g/mol. The molecule has 0 aromatic heterocycles. The van der Waals surface area contributed by atoms with E-state index in [0.717, 1.165) is 5.69 Å². The van der Waals surface area contributed by atoms with Gasteiger partial charge < -0.3 is 5.32 Å². The molecule has 0 saturated heterocycles. The van der Waals surface area contributed by atoms with Crippen molar-refractivity contribution in [1.29, 1.82) is 0 Å². The zero-order valence-electron chi connectivity index (χ0n) is 7.07. The molecule has 1 unspecified atom stereocenters. The van der Waals surface area contributed by atoms with Crippen LogP contribution in [0.4, 0.5) is 5.69 Å². The van der Waals surface area contributed by atoms with E-state index < -0.39 is 8.03 Å². The highest BCUT2D eigenvalue weighted by molar-refractivity contribution is 7.48. The highest BCUT2D eigenvalue weighted by atomic mass is 31.1. The first-order valence-corrected chi connectivity index (χ1v) is 4.75. The molecule has 1 atom stereocenters. The summed E-state index contributed by atoms with van der Waals surface area (Å²) >= 11 is 0. The lowest BCUT2D eigenvalue weighted by Gasteiger charge is -1.97. The molecule has 1 rings (SSSR count). The first kappa shape index (κ1) is 9.17. The molecule has 0 heterocycles. The van der Waals surface area contributed by atoms with Gasteiger partial charge in [-0.3, -0.25) is 0 Å². The summed E-state index contributed by atoms with van der Waals surface area (Å²) in [4.78, 5) is 0. The number of benzene rings is 1. The molecular formula is C8H11NO2P+. The third-order valence-corrected chi connectivity index (χ3v) is 2.65. The monoisotopic (exact) mass is 184 g/mol. The Labute approximate surface area is 72.6 Å². The van der Waals surface area contributed by atoms with Crippen molar-refractivity contribution in [3.63, 3.8) is 0 Å². The summed E-state index contributed by atoms with van der Waals surface area (Å²) < 4.78 is 16.0. The molecule has 0 aliphatic carbocycles. The highest BCUT2D eigenvalue weighted by Crippen LogP contribution is 2.23. The summed E-state index contributed by atoms with van der Waals surface area (Å²) in [5.41, 5.74) is 0.848. The molecule has 3 nitrogen and oxygen atoms in total. The summed E-state index contributed by atoms with van der Waals surface area (Å²) in [5.74, 6) is 0. The molecule has 0 fully saturated rings. The maximum absolute atomic E-state index is 11.3. The van der Waals surface area contributed by atoms with Crippen molar-refractivity contribution >= 4 is 19.0 Å². The normalized spacial score (nSPS) is 11.0. The first-order valence-electron chi connectivity index (χ1n) is 3.57. The Balaban J connectivity index is 3.04. The molecule has 1 aromatic rings. The van der Waals surface area contributed by atoms with Gasteiger partial charge in [0.25, 0.3) is 0 Å². The largest absolute Gasteiger partial charge is 0.550 e. The van der Waals surface area contributed by atoms with Crippen LogP contribution in [0.2, 0.25) is 0 Å². The SMILES string of the molecule is CNc1ccccc1[P+](=O)OC. The van der Waals surface area contributed by atoms with Crippen molar-refractivity contribution in [2.45, 2.75) is 0 Å². The van der Waals surface area contributed by atoms with Crippen LogP contribution in [0, 0.1) is 0 Å². The number of hydrogen-bond donors (Lipinski definition) is 1. The van der Waals surface area contributed by atoms with Crippen molar-refractivity contribution in [2.24, 2.45) is 0 Å². The Kier molecular flexibility index (Phi) is 3.20. The van der Waals surface area contributed by atoms with Crippen LogP contribution in [0.3, 0.4) is 0 Å². The number of nitrogens with one attached hydrogen (secondary N) is 1. The van der Waals surface area contributed by atoms with E-state index in [9.17, 15) is 4.57 Å². The third-order valence-electron chi connectivity index (χ3n) is 1.54. The first-order chi connectivity index (χ1) is 5.79. The number of hydrogen-bond acceptors (Lipinski definition) is 3. The van der Waals surface area contributed by atoms with Crippen molar-refractivity contribution in [2.75, 3.05) is 19.5 Å². The van der Waals surface area contributed by atoms with Gasteiger partial charge in [0.2, 0.25) is 5.30 Å². The fraction of sp³-hybridized carbons (Fsp3) is 0.250. The van der Waals surface area contributed by atoms with Crippen molar-refractivity contribution in [1.82, 2.24) is 0 Å². The molecule has 0 spiro atoms. The zero-order chi connectivity index (χ0) is 8.97. The van der Waals surface area contributed by atoms with Gasteiger partial charge >= 0.3 is 8.03 Å². The van der Waals surface area contributed by atoms with E-state index in [1.54, 1.807) is 13.1 Å². The Morgan fingerprint density at radius 1 is 1.42 bits per heavy atom. The molecule has 4 heteroatoms. The Morgan fingerprint density at radius 3 is 2.67 bits per heavy atom. The van der Waals surface area contributed by atoms with Crippen LogP contribution in [-0.4, -0.2) is 14.2 Å². The minimum absolute atomic E-state index is 0.706. The molecule has 1 aromatic carbocycles. The van der Waals surface area contributed by atoms with E-state index in [-0.39, 0.29) is 0 Å². The smallest absolute Gasteiger partial charge is 0.384 e.